The van der Waals surface area contributed by atoms with Gasteiger partial charge in [-0.05, 0) is 29.7 Å². The van der Waals surface area contributed by atoms with E-state index < -0.39 is 0 Å². The Labute approximate surface area is 127 Å². The number of thiophene rings is 1. The van der Waals surface area contributed by atoms with E-state index in [2.05, 4.69) is 5.32 Å². The molecule has 0 atom stereocenters. The molecule has 0 aliphatic carbocycles. The Balaban J connectivity index is 1.89. The lowest BCUT2D eigenvalue weighted by Crippen LogP contribution is -2.15. The van der Waals surface area contributed by atoms with Crippen molar-refractivity contribution in [1.82, 2.24) is 0 Å². The third-order valence-corrected chi connectivity index (χ3v) is 4.40. The Bertz CT molecular complexity index is 759. The number of carbonyl (C=O) groups is 1. The van der Waals surface area contributed by atoms with Crippen molar-refractivity contribution < 1.29 is 4.79 Å². The summed E-state index contributed by atoms with van der Waals surface area (Å²) in [4.78, 5) is 15.2. The Kier molecular flexibility index (Phi) is 3.62. The maximum Gasteiger partial charge on any atom is 0.265 e. The minimum atomic E-state index is -0.0644. The summed E-state index contributed by atoms with van der Waals surface area (Å²) in [5, 5.41) is 4.10. The first-order valence-corrected chi connectivity index (χ1v) is 7.53. The molecule has 1 amide bonds. The maximum atomic E-state index is 12.4. The van der Waals surface area contributed by atoms with E-state index in [9.17, 15) is 4.79 Å². The molecular formula is C17H16N2OS. The lowest BCUT2D eigenvalue weighted by molar-refractivity contribution is 0.103. The normalized spacial score (nSPS) is 10.6. The Morgan fingerprint density at radius 1 is 1.05 bits per heavy atom. The second-order valence-corrected chi connectivity index (χ2v) is 6.10. The number of nitrogens with zero attached hydrogens (tertiary/aromatic N) is 1. The largest absolute Gasteiger partial charge is 0.376 e. The smallest absolute Gasteiger partial charge is 0.265 e. The second-order valence-electron chi connectivity index (χ2n) is 5.01. The van der Waals surface area contributed by atoms with Crippen LogP contribution in [-0.4, -0.2) is 20.0 Å². The lowest BCUT2D eigenvalue weighted by Gasteiger charge is -2.17. The predicted octanol–water partition coefficient (Wildman–Crippen LogP) is 4.22. The highest BCUT2D eigenvalue weighted by Gasteiger charge is 2.12. The number of carbonyl (C=O) groups excluding carboxylic acids is 1. The second kappa shape index (κ2) is 5.58. The average Bonchev–Trinajstić information content (AvgIpc) is 2.91. The molecule has 4 heteroatoms. The number of rotatable bonds is 3. The van der Waals surface area contributed by atoms with Gasteiger partial charge in [-0.2, -0.15) is 0 Å². The Morgan fingerprint density at radius 2 is 1.76 bits per heavy atom. The van der Waals surface area contributed by atoms with E-state index in [1.807, 2.05) is 73.6 Å². The van der Waals surface area contributed by atoms with E-state index in [1.54, 1.807) is 0 Å². The highest BCUT2D eigenvalue weighted by Crippen LogP contribution is 2.28. The molecule has 2 aromatic carbocycles. The molecule has 1 heterocycles. The number of fused-ring (bicyclic) bond motifs is 1. The van der Waals surface area contributed by atoms with Gasteiger partial charge in [-0.15, -0.1) is 11.3 Å². The topological polar surface area (TPSA) is 32.3 Å². The van der Waals surface area contributed by atoms with Crippen LogP contribution in [0.4, 0.5) is 11.4 Å². The van der Waals surface area contributed by atoms with Crippen molar-refractivity contribution in [3.05, 3.63) is 59.5 Å². The number of nitrogens with one attached hydrogen (secondary N) is 1. The van der Waals surface area contributed by atoms with Crippen molar-refractivity contribution in [2.24, 2.45) is 0 Å². The maximum absolute atomic E-state index is 12.4. The van der Waals surface area contributed by atoms with Gasteiger partial charge in [0.15, 0.2) is 0 Å². The zero-order valence-corrected chi connectivity index (χ0v) is 12.8. The van der Waals surface area contributed by atoms with Gasteiger partial charge in [0.05, 0.1) is 16.3 Å². The van der Waals surface area contributed by atoms with Gasteiger partial charge in [-0.25, -0.2) is 0 Å². The van der Waals surface area contributed by atoms with Gasteiger partial charge in [0.1, 0.15) is 0 Å². The molecule has 3 nitrogen and oxygen atoms in total. The molecule has 0 fully saturated rings. The van der Waals surface area contributed by atoms with Crippen molar-refractivity contribution >= 4 is 38.7 Å². The molecule has 0 bridgehead atoms. The molecule has 3 aromatic rings. The van der Waals surface area contributed by atoms with Crippen molar-refractivity contribution in [2.75, 3.05) is 24.3 Å². The first kappa shape index (κ1) is 13.6. The molecular weight excluding hydrogens is 280 g/mol. The summed E-state index contributed by atoms with van der Waals surface area (Å²) in [5.74, 6) is -0.0644. The number of benzene rings is 2. The predicted molar refractivity (Wildman–Crippen MR) is 90.5 cm³/mol. The van der Waals surface area contributed by atoms with Crippen LogP contribution >= 0.6 is 11.3 Å². The summed E-state index contributed by atoms with van der Waals surface area (Å²) in [6.07, 6.45) is 0. The first-order chi connectivity index (χ1) is 10.1. The molecule has 0 saturated carbocycles. The van der Waals surface area contributed by atoms with Crippen molar-refractivity contribution in [2.45, 2.75) is 0 Å². The molecule has 0 aliphatic heterocycles. The molecule has 0 radical (unpaired) electrons. The summed E-state index contributed by atoms with van der Waals surface area (Å²) >= 11 is 1.51. The van der Waals surface area contributed by atoms with Crippen molar-refractivity contribution in [1.29, 1.82) is 0 Å². The fourth-order valence-electron chi connectivity index (χ4n) is 2.25. The lowest BCUT2D eigenvalue weighted by atomic mass is 10.2. The van der Waals surface area contributed by atoms with Gasteiger partial charge < -0.3 is 10.2 Å². The van der Waals surface area contributed by atoms with Crippen LogP contribution in [0.25, 0.3) is 10.1 Å². The number of amides is 1. The van der Waals surface area contributed by atoms with E-state index in [0.29, 0.717) is 0 Å². The zero-order chi connectivity index (χ0) is 14.8. The molecule has 1 N–H and O–H groups in total. The van der Waals surface area contributed by atoms with E-state index in [1.165, 1.54) is 11.3 Å². The van der Waals surface area contributed by atoms with Crippen LogP contribution in [0.2, 0.25) is 0 Å². The number of hydrogen-bond donors (Lipinski definition) is 1. The summed E-state index contributed by atoms with van der Waals surface area (Å²) in [7, 11) is 3.93. The molecule has 3 rings (SSSR count). The summed E-state index contributed by atoms with van der Waals surface area (Å²) in [6, 6.07) is 17.8. The van der Waals surface area contributed by atoms with E-state index >= 15 is 0 Å². The van der Waals surface area contributed by atoms with Crippen molar-refractivity contribution in [3.63, 3.8) is 0 Å². The van der Waals surface area contributed by atoms with Crippen LogP contribution in [-0.2, 0) is 0 Å². The molecule has 106 valence electrons. The SMILES string of the molecule is CN(C)c1ccccc1NC(=O)c1cc2ccccc2s1. The summed E-state index contributed by atoms with van der Waals surface area (Å²) in [5.41, 5.74) is 1.82. The fourth-order valence-corrected chi connectivity index (χ4v) is 3.20. The van der Waals surface area contributed by atoms with Gasteiger partial charge in [0.2, 0.25) is 0 Å². The first-order valence-electron chi connectivity index (χ1n) is 6.71. The van der Waals surface area contributed by atoms with Crippen LogP contribution in [0, 0.1) is 0 Å². The van der Waals surface area contributed by atoms with Crippen LogP contribution in [0.15, 0.2) is 54.6 Å². The highest BCUT2D eigenvalue weighted by atomic mass is 32.1. The molecule has 0 unspecified atom stereocenters. The summed E-state index contributed by atoms with van der Waals surface area (Å²) in [6.45, 7) is 0. The molecule has 21 heavy (non-hydrogen) atoms. The fraction of sp³-hybridized carbons (Fsp3) is 0.118. The number of anilines is 2. The standard InChI is InChI=1S/C17H16N2OS/c1-19(2)14-9-5-4-8-13(14)18-17(20)16-11-12-7-3-6-10-15(12)21-16/h3-11H,1-2H3,(H,18,20). The number of hydrogen-bond acceptors (Lipinski definition) is 3. The van der Waals surface area contributed by atoms with E-state index in [0.717, 1.165) is 26.3 Å². The third-order valence-electron chi connectivity index (χ3n) is 3.28. The van der Waals surface area contributed by atoms with Gasteiger partial charge in [0.25, 0.3) is 5.91 Å². The molecule has 0 aliphatic rings. The molecule has 1 aromatic heterocycles. The van der Waals surface area contributed by atoms with Crippen molar-refractivity contribution in [3.8, 4) is 0 Å². The van der Waals surface area contributed by atoms with Crippen LogP contribution in [0.1, 0.15) is 9.67 Å². The van der Waals surface area contributed by atoms with Crippen LogP contribution in [0.5, 0.6) is 0 Å². The zero-order valence-electron chi connectivity index (χ0n) is 12.0. The minimum Gasteiger partial charge on any atom is -0.376 e. The minimum absolute atomic E-state index is 0.0644. The highest BCUT2D eigenvalue weighted by molar-refractivity contribution is 7.20. The Hall–Kier alpha value is -2.33. The van der Waals surface area contributed by atoms with Gasteiger partial charge >= 0.3 is 0 Å². The average molecular weight is 296 g/mol. The van der Waals surface area contributed by atoms with Crippen LogP contribution < -0.4 is 10.2 Å². The molecule has 0 spiro atoms. The molecule has 0 saturated heterocycles. The van der Waals surface area contributed by atoms with E-state index in [-0.39, 0.29) is 5.91 Å². The Morgan fingerprint density at radius 3 is 2.52 bits per heavy atom. The van der Waals surface area contributed by atoms with E-state index in [4.69, 9.17) is 0 Å². The quantitative estimate of drug-likeness (QED) is 0.785. The van der Waals surface area contributed by atoms with Crippen LogP contribution in [0.3, 0.4) is 0 Å². The van der Waals surface area contributed by atoms with Gasteiger partial charge in [0, 0.05) is 18.8 Å². The van der Waals surface area contributed by atoms with Gasteiger partial charge in [-0.1, -0.05) is 30.3 Å². The third kappa shape index (κ3) is 2.76. The summed E-state index contributed by atoms with van der Waals surface area (Å²) < 4.78 is 1.13. The van der Waals surface area contributed by atoms with Gasteiger partial charge in [-0.3, -0.25) is 4.79 Å². The number of para-hydroxylation sites is 2. The monoisotopic (exact) mass is 296 g/mol.